The van der Waals surface area contributed by atoms with Crippen LogP contribution >= 0.6 is 11.6 Å². The molecule has 0 fully saturated rings. The molecule has 2 N–H and O–H groups in total. The van der Waals surface area contributed by atoms with Crippen LogP contribution in [0.4, 0.5) is 21.7 Å². The highest BCUT2D eigenvalue weighted by atomic mass is 35.5. The highest BCUT2D eigenvalue weighted by Crippen LogP contribution is 2.31. The second-order valence-electron chi connectivity index (χ2n) is 6.82. The zero-order valence-electron chi connectivity index (χ0n) is 17.5. The van der Waals surface area contributed by atoms with Gasteiger partial charge in [-0.05, 0) is 30.3 Å². The van der Waals surface area contributed by atoms with Crippen molar-refractivity contribution >= 4 is 50.0 Å². The molecule has 1 heterocycles. The first-order chi connectivity index (χ1) is 15.8. The summed E-state index contributed by atoms with van der Waals surface area (Å²) < 4.78 is 52.5. The molecular formula is C22H18ClFN4O4S. The quantitative estimate of drug-likeness (QED) is 0.378. The van der Waals surface area contributed by atoms with Gasteiger partial charge >= 0.3 is 0 Å². The van der Waals surface area contributed by atoms with E-state index in [9.17, 15) is 12.8 Å². The van der Waals surface area contributed by atoms with E-state index < -0.39 is 15.8 Å². The van der Waals surface area contributed by atoms with Crippen LogP contribution in [-0.2, 0) is 10.0 Å². The molecule has 0 radical (unpaired) electrons. The molecule has 0 aliphatic carbocycles. The van der Waals surface area contributed by atoms with Crippen LogP contribution in [-0.4, -0.2) is 32.6 Å². The molecule has 0 aliphatic heterocycles. The summed E-state index contributed by atoms with van der Waals surface area (Å²) in [6, 6.07) is 15.2. The van der Waals surface area contributed by atoms with Crippen LogP contribution in [0.5, 0.6) is 11.5 Å². The third kappa shape index (κ3) is 4.91. The van der Waals surface area contributed by atoms with Crippen molar-refractivity contribution in [1.82, 2.24) is 9.97 Å². The zero-order valence-corrected chi connectivity index (χ0v) is 19.0. The summed E-state index contributed by atoms with van der Waals surface area (Å²) in [4.78, 5) is 8.72. The number of nitrogens with zero attached hydrogens (tertiary/aromatic N) is 2. The number of hydrogen-bond donors (Lipinski definition) is 2. The number of aromatic nitrogens is 2. The van der Waals surface area contributed by atoms with Crippen LogP contribution in [0.15, 0.2) is 65.6 Å². The van der Waals surface area contributed by atoms with Crippen LogP contribution in [0.25, 0.3) is 11.0 Å². The van der Waals surface area contributed by atoms with E-state index in [2.05, 4.69) is 20.0 Å². The maximum atomic E-state index is 13.5. The number of halogens is 2. The van der Waals surface area contributed by atoms with Crippen LogP contribution < -0.4 is 19.5 Å². The number of fused-ring (bicyclic) bond motifs is 1. The monoisotopic (exact) mass is 488 g/mol. The van der Waals surface area contributed by atoms with E-state index in [1.165, 1.54) is 14.2 Å². The Balaban J connectivity index is 1.79. The van der Waals surface area contributed by atoms with Gasteiger partial charge in [-0.25, -0.2) is 22.8 Å². The Hall–Kier alpha value is -3.63. The summed E-state index contributed by atoms with van der Waals surface area (Å²) in [7, 11) is -1.12. The fourth-order valence-electron chi connectivity index (χ4n) is 3.00. The number of methoxy groups -OCH3 is 2. The minimum absolute atomic E-state index is 0.0593. The molecule has 3 aromatic carbocycles. The Morgan fingerprint density at radius 2 is 1.48 bits per heavy atom. The van der Waals surface area contributed by atoms with E-state index in [0.717, 1.165) is 18.2 Å². The standard InChI is InChI=1S/C22H18ClFN4O4S/c1-31-14-9-13(10-15(11-14)32-2)25-21-22(27-20-6-4-3-5-19(20)26-21)28-33(29,30)16-7-8-18(24)17(23)12-16/h3-12H,1-2H3,(H,25,26)(H,27,28). The predicted octanol–water partition coefficient (Wildman–Crippen LogP) is 4.98. The fraction of sp³-hybridized carbons (Fsp3) is 0.0909. The number of rotatable bonds is 7. The predicted molar refractivity (Wildman–Crippen MR) is 125 cm³/mol. The van der Waals surface area contributed by atoms with E-state index in [1.54, 1.807) is 42.5 Å². The fourth-order valence-corrected chi connectivity index (χ4v) is 4.29. The molecule has 0 saturated heterocycles. The van der Waals surface area contributed by atoms with Gasteiger partial charge in [0.2, 0.25) is 0 Å². The van der Waals surface area contributed by atoms with Gasteiger partial charge in [-0.1, -0.05) is 23.7 Å². The first-order valence-corrected chi connectivity index (χ1v) is 11.4. The molecule has 0 aliphatic rings. The van der Waals surface area contributed by atoms with Crippen LogP contribution in [0.3, 0.4) is 0 Å². The molecule has 0 spiro atoms. The Labute approximate surface area is 194 Å². The van der Waals surface area contributed by atoms with Gasteiger partial charge in [0.25, 0.3) is 10.0 Å². The maximum Gasteiger partial charge on any atom is 0.263 e. The number of ether oxygens (including phenoxy) is 2. The van der Waals surface area contributed by atoms with Crippen molar-refractivity contribution in [2.24, 2.45) is 0 Å². The highest BCUT2D eigenvalue weighted by molar-refractivity contribution is 7.92. The summed E-state index contributed by atoms with van der Waals surface area (Å²) >= 11 is 5.77. The van der Waals surface area contributed by atoms with Crippen LogP contribution in [0, 0.1) is 5.82 Å². The van der Waals surface area contributed by atoms with Crippen molar-refractivity contribution in [3.8, 4) is 11.5 Å². The largest absolute Gasteiger partial charge is 0.497 e. The smallest absolute Gasteiger partial charge is 0.263 e. The lowest BCUT2D eigenvalue weighted by molar-refractivity contribution is 0.395. The second-order valence-corrected chi connectivity index (χ2v) is 8.91. The van der Waals surface area contributed by atoms with Crippen LogP contribution in [0.1, 0.15) is 0 Å². The minimum atomic E-state index is -4.15. The summed E-state index contributed by atoms with van der Waals surface area (Å²) in [5.41, 5.74) is 1.55. The SMILES string of the molecule is COc1cc(Nc2nc3ccccc3nc2NS(=O)(=O)c2ccc(F)c(Cl)c2)cc(OC)c1. The Kier molecular flexibility index (Phi) is 6.21. The molecule has 4 aromatic rings. The van der Waals surface area contributed by atoms with Gasteiger partial charge in [-0.3, -0.25) is 4.72 Å². The molecule has 0 saturated carbocycles. The topological polar surface area (TPSA) is 102 Å². The van der Waals surface area contributed by atoms with Crippen molar-refractivity contribution in [2.75, 3.05) is 24.3 Å². The van der Waals surface area contributed by atoms with Crippen molar-refractivity contribution in [3.05, 3.63) is 71.5 Å². The molecule has 4 rings (SSSR count). The van der Waals surface area contributed by atoms with Gasteiger partial charge in [0.05, 0.1) is 35.2 Å². The lowest BCUT2D eigenvalue weighted by Crippen LogP contribution is -2.16. The molecular weight excluding hydrogens is 471 g/mol. The van der Waals surface area contributed by atoms with Crippen molar-refractivity contribution in [2.45, 2.75) is 4.90 Å². The van der Waals surface area contributed by atoms with Gasteiger partial charge in [-0.15, -0.1) is 0 Å². The van der Waals surface area contributed by atoms with E-state index in [1.807, 2.05) is 0 Å². The average Bonchev–Trinajstić information content (AvgIpc) is 2.80. The van der Waals surface area contributed by atoms with Crippen LogP contribution in [0.2, 0.25) is 5.02 Å². The van der Waals surface area contributed by atoms with E-state index in [0.29, 0.717) is 28.2 Å². The van der Waals surface area contributed by atoms with Crippen molar-refractivity contribution < 1.29 is 22.3 Å². The molecule has 33 heavy (non-hydrogen) atoms. The average molecular weight is 489 g/mol. The molecule has 0 bridgehead atoms. The van der Waals surface area contributed by atoms with Gasteiger partial charge < -0.3 is 14.8 Å². The Bertz CT molecular complexity index is 1430. The number of sulfonamides is 1. The number of anilines is 3. The molecule has 170 valence electrons. The number of hydrogen-bond acceptors (Lipinski definition) is 7. The van der Waals surface area contributed by atoms with Gasteiger partial charge in [-0.2, -0.15) is 0 Å². The van der Waals surface area contributed by atoms with E-state index in [-0.39, 0.29) is 21.6 Å². The summed E-state index contributed by atoms with van der Waals surface area (Å²) in [5, 5.41) is 2.75. The first kappa shape index (κ1) is 22.6. The van der Waals surface area contributed by atoms with E-state index >= 15 is 0 Å². The normalized spacial score (nSPS) is 11.3. The Morgan fingerprint density at radius 1 is 0.879 bits per heavy atom. The number of para-hydroxylation sites is 2. The molecule has 0 atom stereocenters. The first-order valence-electron chi connectivity index (χ1n) is 9.54. The van der Waals surface area contributed by atoms with Gasteiger partial charge in [0.15, 0.2) is 11.6 Å². The lowest BCUT2D eigenvalue weighted by atomic mass is 10.2. The molecule has 11 heteroatoms. The molecule has 0 unspecified atom stereocenters. The maximum absolute atomic E-state index is 13.5. The third-order valence-electron chi connectivity index (χ3n) is 4.62. The number of benzene rings is 3. The molecule has 8 nitrogen and oxygen atoms in total. The van der Waals surface area contributed by atoms with Gasteiger partial charge in [0, 0.05) is 23.9 Å². The molecule has 1 aromatic heterocycles. The Morgan fingerprint density at radius 3 is 2.06 bits per heavy atom. The lowest BCUT2D eigenvalue weighted by Gasteiger charge is -2.15. The minimum Gasteiger partial charge on any atom is -0.497 e. The third-order valence-corrected chi connectivity index (χ3v) is 6.24. The second kappa shape index (κ2) is 9.08. The van der Waals surface area contributed by atoms with Crippen molar-refractivity contribution in [1.29, 1.82) is 0 Å². The summed E-state index contributed by atoms with van der Waals surface area (Å²) in [6.45, 7) is 0. The summed E-state index contributed by atoms with van der Waals surface area (Å²) in [6.07, 6.45) is 0. The molecule has 0 amide bonds. The van der Waals surface area contributed by atoms with Gasteiger partial charge in [0.1, 0.15) is 17.3 Å². The van der Waals surface area contributed by atoms with Crippen molar-refractivity contribution in [3.63, 3.8) is 0 Å². The zero-order chi connectivity index (χ0) is 23.6. The summed E-state index contributed by atoms with van der Waals surface area (Å²) in [5.74, 6) is 0.398. The van der Waals surface area contributed by atoms with E-state index in [4.69, 9.17) is 21.1 Å². The highest BCUT2D eigenvalue weighted by Gasteiger charge is 2.20. The number of nitrogens with one attached hydrogen (secondary N) is 2.